The van der Waals surface area contributed by atoms with Crippen LogP contribution in [0, 0.1) is 11.6 Å². The molecular weight excluding hydrogens is 441 g/mol. The normalized spacial score (nSPS) is 17.8. The lowest BCUT2D eigenvalue weighted by molar-refractivity contribution is 0.00578. The second-order valence-corrected chi connectivity index (χ2v) is 9.76. The molecule has 2 aromatic rings. The summed E-state index contributed by atoms with van der Waals surface area (Å²) in [6.07, 6.45) is 1.20. The second kappa shape index (κ2) is 7.63. The Hall–Kier alpha value is -1.95. The van der Waals surface area contributed by atoms with E-state index in [4.69, 9.17) is 25.6 Å². The van der Waals surface area contributed by atoms with Gasteiger partial charge in [0.05, 0.1) is 34.5 Å². The summed E-state index contributed by atoms with van der Waals surface area (Å²) in [5, 5.41) is 0.0358. The molecule has 0 amide bonds. The summed E-state index contributed by atoms with van der Waals surface area (Å²) in [5.41, 5.74) is -2.72. The van der Waals surface area contributed by atoms with Gasteiger partial charge in [-0.05, 0) is 45.9 Å². The van der Waals surface area contributed by atoms with E-state index in [0.717, 1.165) is 18.2 Å². The van der Waals surface area contributed by atoms with Gasteiger partial charge in [0.25, 0.3) is 10.0 Å². The van der Waals surface area contributed by atoms with Crippen molar-refractivity contribution in [3.8, 4) is 5.88 Å². The van der Waals surface area contributed by atoms with Crippen molar-refractivity contribution in [2.75, 3.05) is 11.8 Å². The largest absolute Gasteiger partial charge is 0.500 e. The molecule has 2 heterocycles. The monoisotopic (exact) mass is 460 g/mol. The maximum absolute atomic E-state index is 15.2. The average Bonchev–Trinajstić information content (AvgIpc) is 2.84. The number of halogens is 3. The van der Waals surface area contributed by atoms with Crippen LogP contribution in [0.4, 0.5) is 14.5 Å². The molecule has 162 valence electrons. The summed E-state index contributed by atoms with van der Waals surface area (Å²) < 4.78 is 73.7. The number of hydrogen-bond acceptors (Lipinski definition) is 6. The van der Waals surface area contributed by atoms with E-state index in [0.29, 0.717) is 0 Å². The number of methoxy groups -OCH3 is 1. The van der Waals surface area contributed by atoms with E-state index < -0.39 is 56.0 Å². The first-order valence-electron chi connectivity index (χ1n) is 8.85. The highest BCUT2D eigenvalue weighted by Crippen LogP contribution is 2.37. The van der Waals surface area contributed by atoms with E-state index in [-0.39, 0.29) is 10.9 Å². The van der Waals surface area contributed by atoms with Crippen molar-refractivity contribution in [3.63, 3.8) is 0 Å². The minimum absolute atomic E-state index is 0.0358. The van der Waals surface area contributed by atoms with Crippen LogP contribution in [-0.4, -0.2) is 38.8 Å². The van der Waals surface area contributed by atoms with Crippen LogP contribution in [0.25, 0.3) is 0 Å². The fraction of sp³-hybridized carbons (Fsp3) is 0.389. The molecule has 1 N–H and O–H groups in total. The third-order valence-electron chi connectivity index (χ3n) is 5.13. The van der Waals surface area contributed by atoms with Crippen molar-refractivity contribution in [2.24, 2.45) is 0 Å². The number of aromatic nitrogens is 1. The molecule has 1 fully saturated rings. The number of nitrogens with one attached hydrogen (secondary N) is 1. The van der Waals surface area contributed by atoms with Crippen LogP contribution in [-0.2, 0) is 19.3 Å². The van der Waals surface area contributed by atoms with Crippen LogP contribution in [0.1, 0.15) is 27.7 Å². The lowest BCUT2D eigenvalue weighted by Crippen LogP contribution is -2.41. The molecule has 0 atom stereocenters. The van der Waals surface area contributed by atoms with Crippen LogP contribution in [0.5, 0.6) is 5.88 Å². The molecule has 1 aromatic carbocycles. The molecule has 1 aliphatic heterocycles. The fourth-order valence-electron chi connectivity index (χ4n) is 2.78. The number of nitrogens with zero attached hydrogens (tertiary/aromatic N) is 1. The molecule has 3 rings (SSSR count). The fourth-order valence-corrected chi connectivity index (χ4v) is 4.21. The maximum atomic E-state index is 15.2. The van der Waals surface area contributed by atoms with Gasteiger partial charge in [-0.25, -0.2) is 22.2 Å². The minimum atomic E-state index is -4.37. The molecule has 0 saturated carbocycles. The second-order valence-electron chi connectivity index (χ2n) is 7.68. The molecule has 0 unspecified atom stereocenters. The molecule has 1 aliphatic rings. The number of anilines is 1. The van der Waals surface area contributed by atoms with Crippen molar-refractivity contribution in [3.05, 3.63) is 41.1 Å². The zero-order valence-corrected chi connectivity index (χ0v) is 18.5. The van der Waals surface area contributed by atoms with Gasteiger partial charge in [-0.15, -0.1) is 0 Å². The van der Waals surface area contributed by atoms with Crippen LogP contribution in [0.15, 0.2) is 29.3 Å². The standard InChI is InChI=1S/C18H20BClF2N2O5S/c1-17(2)18(3,4)29-19(28-17)14-11(21)6-7-12(15(14)22)24-30(25,26)13-8-10(20)9-23-16(13)27-5/h6-9,24H,1-5H3. The van der Waals surface area contributed by atoms with Gasteiger partial charge in [-0.2, -0.15) is 0 Å². The Morgan fingerprint density at radius 3 is 2.33 bits per heavy atom. The highest BCUT2D eigenvalue weighted by Gasteiger charge is 2.53. The molecule has 30 heavy (non-hydrogen) atoms. The Morgan fingerprint density at radius 1 is 1.17 bits per heavy atom. The van der Waals surface area contributed by atoms with E-state index in [1.807, 2.05) is 0 Å². The number of hydrogen-bond donors (Lipinski definition) is 1. The number of benzene rings is 1. The Bertz CT molecular complexity index is 1080. The number of ether oxygens (including phenoxy) is 1. The van der Waals surface area contributed by atoms with E-state index >= 15 is 4.39 Å². The third-order valence-corrected chi connectivity index (χ3v) is 6.69. The highest BCUT2D eigenvalue weighted by molar-refractivity contribution is 7.92. The first kappa shape index (κ1) is 22.7. The molecule has 7 nitrogen and oxygen atoms in total. The van der Waals surface area contributed by atoms with Gasteiger partial charge in [0.2, 0.25) is 5.88 Å². The Labute approximate surface area is 178 Å². The van der Waals surface area contributed by atoms with Gasteiger partial charge in [0.1, 0.15) is 11.6 Å². The van der Waals surface area contributed by atoms with Crippen LogP contribution < -0.4 is 14.9 Å². The van der Waals surface area contributed by atoms with Crippen molar-refractivity contribution in [1.29, 1.82) is 0 Å². The molecule has 12 heteroatoms. The average molecular weight is 461 g/mol. The van der Waals surface area contributed by atoms with E-state index in [1.54, 1.807) is 27.7 Å². The van der Waals surface area contributed by atoms with Crippen molar-refractivity contribution in [1.82, 2.24) is 4.98 Å². The van der Waals surface area contributed by atoms with E-state index in [2.05, 4.69) is 9.71 Å². The van der Waals surface area contributed by atoms with Crippen LogP contribution >= 0.6 is 11.6 Å². The first-order chi connectivity index (χ1) is 13.8. The maximum Gasteiger partial charge on any atom is 0.500 e. The Morgan fingerprint density at radius 2 is 1.77 bits per heavy atom. The summed E-state index contributed by atoms with van der Waals surface area (Å²) in [7, 11) is -4.50. The van der Waals surface area contributed by atoms with Gasteiger partial charge >= 0.3 is 7.12 Å². The predicted molar refractivity (Wildman–Crippen MR) is 109 cm³/mol. The minimum Gasteiger partial charge on any atom is -0.480 e. The summed E-state index contributed by atoms with van der Waals surface area (Å²) >= 11 is 5.83. The summed E-state index contributed by atoms with van der Waals surface area (Å²) in [4.78, 5) is 3.38. The highest BCUT2D eigenvalue weighted by atomic mass is 35.5. The quantitative estimate of drug-likeness (QED) is 0.690. The van der Waals surface area contributed by atoms with Gasteiger partial charge in [0, 0.05) is 6.20 Å². The van der Waals surface area contributed by atoms with E-state index in [1.165, 1.54) is 13.3 Å². The first-order valence-corrected chi connectivity index (χ1v) is 10.7. The summed E-state index contributed by atoms with van der Waals surface area (Å²) in [6, 6.07) is 2.99. The molecule has 0 aliphatic carbocycles. The molecular formula is C18H20BClF2N2O5S. The van der Waals surface area contributed by atoms with Crippen molar-refractivity contribution in [2.45, 2.75) is 43.8 Å². The van der Waals surface area contributed by atoms with Gasteiger partial charge in [-0.1, -0.05) is 11.6 Å². The molecule has 0 radical (unpaired) electrons. The molecule has 1 aromatic heterocycles. The Kier molecular flexibility index (Phi) is 5.78. The Balaban J connectivity index is 2.02. The SMILES string of the molecule is COc1ncc(Cl)cc1S(=O)(=O)Nc1ccc(F)c(B2OC(C)(C)C(C)(C)O2)c1F. The lowest BCUT2D eigenvalue weighted by Gasteiger charge is -2.32. The zero-order chi connectivity index (χ0) is 22.5. The zero-order valence-electron chi connectivity index (χ0n) is 16.9. The van der Waals surface area contributed by atoms with Crippen molar-refractivity contribution < 1.29 is 31.2 Å². The smallest absolute Gasteiger partial charge is 0.480 e. The van der Waals surface area contributed by atoms with Crippen LogP contribution in [0.3, 0.4) is 0 Å². The molecule has 1 saturated heterocycles. The predicted octanol–water partition coefficient (Wildman–Crippen LogP) is 3.12. The summed E-state index contributed by atoms with van der Waals surface area (Å²) in [6.45, 7) is 6.92. The van der Waals surface area contributed by atoms with Gasteiger partial charge in [-0.3, -0.25) is 4.72 Å². The van der Waals surface area contributed by atoms with E-state index in [9.17, 15) is 12.8 Å². The van der Waals surface area contributed by atoms with Gasteiger partial charge < -0.3 is 14.0 Å². The van der Waals surface area contributed by atoms with Crippen molar-refractivity contribution >= 4 is 39.9 Å². The number of pyridine rings is 1. The molecule has 0 spiro atoms. The number of rotatable bonds is 5. The van der Waals surface area contributed by atoms with Gasteiger partial charge in [0.15, 0.2) is 4.90 Å². The lowest BCUT2D eigenvalue weighted by atomic mass is 9.78. The topological polar surface area (TPSA) is 86.8 Å². The third kappa shape index (κ3) is 3.99. The summed E-state index contributed by atoms with van der Waals surface area (Å²) in [5.74, 6) is -2.33. The molecule has 0 bridgehead atoms. The number of sulfonamides is 1. The van der Waals surface area contributed by atoms with Crippen LogP contribution in [0.2, 0.25) is 5.02 Å².